The number of rotatable bonds is 12. The van der Waals surface area contributed by atoms with Crippen LogP contribution in [0.15, 0.2) is 83.3 Å². The molecule has 3 aromatic carbocycles. The average Bonchev–Trinajstić information content (AvgIpc) is 3.44. The molecular weight excluding hydrogens is 534 g/mol. The fraction of sp³-hybridized carbons (Fsp3) is 0.265. The third-order valence-corrected chi connectivity index (χ3v) is 7.39. The third kappa shape index (κ3) is 8.40. The number of amides is 1. The molecule has 0 unspecified atom stereocenters. The Morgan fingerprint density at radius 3 is 2.41 bits per heavy atom. The van der Waals surface area contributed by atoms with Gasteiger partial charge in [-0.05, 0) is 87.2 Å². The molecule has 4 aromatic rings. The molecule has 4 rings (SSSR count). The van der Waals surface area contributed by atoms with Crippen molar-refractivity contribution in [2.45, 2.75) is 58.7 Å². The molecule has 0 aliphatic rings. The fourth-order valence-electron chi connectivity index (χ4n) is 4.57. The summed E-state index contributed by atoms with van der Waals surface area (Å²) in [5, 5.41) is 15.9. The fourth-order valence-corrected chi connectivity index (χ4v) is 4.78. The van der Waals surface area contributed by atoms with Crippen molar-refractivity contribution in [1.82, 2.24) is 10.6 Å². The number of carbonyl (C=O) groups excluding carboxylic acids is 2. The van der Waals surface area contributed by atoms with Gasteiger partial charge in [0.15, 0.2) is 0 Å². The highest BCUT2D eigenvalue weighted by molar-refractivity contribution is 6.34. The maximum absolute atomic E-state index is 13.4. The summed E-state index contributed by atoms with van der Waals surface area (Å²) in [6, 6.07) is 26.7. The van der Waals surface area contributed by atoms with Crippen molar-refractivity contribution in [2.24, 2.45) is 0 Å². The molecule has 0 saturated heterocycles. The Morgan fingerprint density at radius 1 is 1.00 bits per heavy atom. The number of nitrogens with one attached hydrogen (secondary N) is 2. The molecule has 0 bridgehead atoms. The highest BCUT2D eigenvalue weighted by Crippen LogP contribution is 2.28. The first-order valence-corrected chi connectivity index (χ1v) is 14.1. The largest absolute Gasteiger partial charge is 0.460 e. The van der Waals surface area contributed by atoms with Crippen molar-refractivity contribution in [3.63, 3.8) is 0 Å². The summed E-state index contributed by atoms with van der Waals surface area (Å²) in [4.78, 5) is 25.0. The van der Waals surface area contributed by atoms with Gasteiger partial charge in [-0.3, -0.25) is 4.79 Å². The molecule has 1 aromatic heterocycles. The van der Waals surface area contributed by atoms with E-state index in [1.807, 2.05) is 30.3 Å². The zero-order chi connectivity index (χ0) is 29.4. The quantitative estimate of drug-likeness (QED) is 0.187. The van der Waals surface area contributed by atoms with Crippen LogP contribution in [0, 0.1) is 18.3 Å². The minimum absolute atomic E-state index is 0.0560. The van der Waals surface area contributed by atoms with Crippen molar-refractivity contribution in [3.8, 4) is 17.4 Å². The Bertz CT molecular complexity index is 1530. The topological polar surface area (TPSA) is 95.1 Å². The minimum atomic E-state index is -0.320. The standard InChI is InChI=1S/C34H34ClN3O3/c1-22-4-11-27(12-5-22)24(3)37-21-30-15-17-33(41-30)28-13-16-32(35)31(19-28)34(40)38-29(14-6-23(2)39)18-25-7-9-26(20-36)10-8-25/h4-5,7-13,15-17,19,24,29,37H,6,14,18,21H2,1-3H3,(H,38,40)/t24-,29+/m1/s1. The molecule has 7 heteroatoms. The SMILES string of the molecule is CC(=O)CC[C@@H](Cc1ccc(C#N)cc1)NC(=O)c1cc(-c2ccc(CN[C@H](C)c3ccc(C)cc3)o2)ccc1Cl. The van der Waals surface area contributed by atoms with Gasteiger partial charge in [0.1, 0.15) is 17.3 Å². The van der Waals surface area contributed by atoms with Gasteiger partial charge in [-0.15, -0.1) is 0 Å². The number of carbonyl (C=O) groups is 2. The Kier molecular flexibility index (Phi) is 10.1. The first-order chi connectivity index (χ1) is 19.7. The van der Waals surface area contributed by atoms with E-state index in [1.54, 1.807) is 24.3 Å². The smallest absolute Gasteiger partial charge is 0.253 e. The van der Waals surface area contributed by atoms with E-state index >= 15 is 0 Å². The molecule has 0 radical (unpaired) electrons. The number of nitriles is 1. The highest BCUT2D eigenvalue weighted by Gasteiger charge is 2.19. The predicted molar refractivity (Wildman–Crippen MR) is 162 cm³/mol. The van der Waals surface area contributed by atoms with E-state index in [0.29, 0.717) is 47.7 Å². The molecular formula is C34H34ClN3O3. The Hall–Kier alpha value is -4.18. The van der Waals surface area contributed by atoms with Crippen LogP contribution in [0.5, 0.6) is 0 Å². The predicted octanol–water partition coefficient (Wildman–Crippen LogP) is 7.34. The molecule has 1 amide bonds. The summed E-state index contributed by atoms with van der Waals surface area (Å²) in [6.45, 7) is 6.28. The number of hydrogen-bond donors (Lipinski definition) is 2. The van der Waals surface area contributed by atoms with Crippen molar-refractivity contribution in [3.05, 3.63) is 117 Å². The molecule has 6 nitrogen and oxygen atoms in total. The number of furan rings is 1. The summed E-state index contributed by atoms with van der Waals surface area (Å²) in [5.41, 5.74) is 5.04. The number of hydrogen-bond acceptors (Lipinski definition) is 5. The number of nitrogens with zero attached hydrogens (tertiary/aromatic N) is 1. The number of halogens is 1. The summed E-state index contributed by atoms with van der Waals surface area (Å²) in [5.74, 6) is 1.16. The van der Waals surface area contributed by atoms with Gasteiger partial charge in [-0.2, -0.15) is 5.26 Å². The maximum atomic E-state index is 13.4. The van der Waals surface area contributed by atoms with Crippen LogP contribution in [0.4, 0.5) is 0 Å². The van der Waals surface area contributed by atoms with Gasteiger partial charge in [-0.25, -0.2) is 0 Å². The normalized spacial score (nSPS) is 12.4. The van der Waals surface area contributed by atoms with Crippen LogP contribution in [-0.4, -0.2) is 17.7 Å². The summed E-state index contributed by atoms with van der Waals surface area (Å²) < 4.78 is 6.10. The zero-order valence-electron chi connectivity index (χ0n) is 23.5. The van der Waals surface area contributed by atoms with Gasteiger partial charge >= 0.3 is 0 Å². The van der Waals surface area contributed by atoms with Crippen LogP contribution in [0.2, 0.25) is 5.02 Å². The van der Waals surface area contributed by atoms with E-state index in [2.05, 4.69) is 54.8 Å². The van der Waals surface area contributed by atoms with Crippen molar-refractivity contribution < 1.29 is 14.0 Å². The molecule has 210 valence electrons. The van der Waals surface area contributed by atoms with Crippen LogP contribution in [-0.2, 0) is 17.8 Å². The van der Waals surface area contributed by atoms with E-state index < -0.39 is 0 Å². The van der Waals surface area contributed by atoms with Crippen molar-refractivity contribution in [2.75, 3.05) is 0 Å². The number of ketones is 1. The van der Waals surface area contributed by atoms with Crippen LogP contribution in [0.25, 0.3) is 11.3 Å². The average molecular weight is 568 g/mol. The molecule has 0 aliphatic heterocycles. The number of aryl methyl sites for hydroxylation is 1. The van der Waals surface area contributed by atoms with Crippen molar-refractivity contribution >= 4 is 23.3 Å². The van der Waals surface area contributed by atoms with Gasteiger partial charge in [0.25, 0.3) is 5.91 Å². The summed E-state index contributed by atoms with van der Waals surface area (Å²) in [6.07, 6.45) is 1.37. The van der Waals surface area contributed by atoms with Crippen molar-refractivity contribution in [1.29, 1.82) is 5.26 Å². The van der Waals surface area contributed by atoms with E-state index in [4.69, 9.17) is 21.3 Å². The molecule has 0 aliphatic carbocycles. The maximum Gasteiger partial charge on any atom is 0.253 e. The van der Waals surface area contributed by atoms with Gasteiger partial charge in [0.05, 0.1) is 28.8 Å². The molecule has 0 fully saturated rings. The summed E-state index contributed by atoms with van der Waals surface area (Å²) >= 11 is 6.45. The summed E-state index contributed by atoms with van der Waals surface area (Å²) in [7, 11) is 0. The first-order valence-electron chi connectivity index (χ1n) is 13.7. The number of benzene rings is 3. The second-order valence-electron chi connectivity index (χ2n) is 10.4. The molecule has 0 saturated carbocycles. The Morgan fingerprint density at radius 2 is 1.73 bits per heavy atom. The lowest BCUT2D eigenvalue weighted by atomic mass is 9.99. The van der Waals surface area contributed by atoms with E-state index in [1.165, 1.54) is 18.1 Å². The zero-order valence-corrected chi connectivity index (χ0v) is 24.3. The molecule has 1 heterocycles. The minimum Gasteiger partial charge on any atom is -0.460 e. The number of Topliss-reactive ketones (excluding diaryl/α,β-unsaturated/α-hetero) is 1. The van der Waals surface area contributed by atoms with Crippen LogP contribution >= 0.6 is 11.6 Å². The van der Waals surface area contributed by atoms with Crippen LogP contribution in [0.3, 0.4) is 0 Å². The van der Waals surface area contributed by atoms with E-state index in [0.717, 1.165) is 16.9 Å². The van der Waals surface area contributed by atoms with Gasteiger partial charge in [0, 0.05) is 24.1 Å². The van der Waals surface area contributed by atoms with Crippen LogP contribution in [0.1, 0.15) is 71.1 Å². The van der Waals surface area contributed by atoms with E-state index in [9.17, 15) is 9.59 Å². The van der Waals surface area contributed by atoms with E-state index in [-0.39, 0.29) is 23.8 Å². The molecule has 2 atom stereocenters. The van der Waals surface area contributed by atoms with Gasteiger partial charge in [0.2, 0.25) is 0 Å². The molecule has 2 N–H and O–H groups in total. The second kappa shape index (κ2) is 13.9. The van der Waals surface area contributed by atoms with Crippen LogP contribution < -0.4 is 10.6 Å². The lowest BCUT2D eigenvalue weighted by Gasteiger charge is -2.19. The molecule has 0 spiro atoms. The highest BCUT2D eigenvalue weighted by atomic mass is 35.5. The lowest BCUT2D eigenvalue weighted by Crippen LogP contribution is -2.37. The van der Waals surface area contributed by atoms with Gasteiger partial charge < -0.3 is 19.8 Å². The Labute approximate surface area is 246 Å². The van der Waals surface area contributed by atoms with Gasteiger partial charge in [-0.1, -0.05) is 53.6 Å². The molecule has 41 heavy (non-hydrogen) atoms. The Balaban J connectivity index is 1.44. The monoisotopic (exact) mass is 567 g/mol. The third-order valence-electron chi connectivity index (χ3n) is 7.06. The first kappa shape index (κ1) is 29.8. The lowest BCUT2D eigenvalue weighted by molar-refractivity contribution is -0.117. The second-order valence-corrected chi connectivity index (χ2v) is 10.8.